The summed E-state index contributed by atoms with van der Waals surface area (Å²) in [7, 11) is -1.73. The molecule has 30 heavy (non-hydrogen) atoms. The maximum atomic E-state index is 12.7. The van der Waals surface area contributed by atoms with Gasteiger partial charge in [-0.05, 0) is 38.1 Å². The number of aromatic nitrogens is 2. The number of carbonyl (C=O) groups excluding carboxylic acids is 1. The van der Waals surface area contributed by atoms with Gasteiger partial charge in [-0.25, -0.2) is 8.42 Å². The van der Waals surface area contributed by atoms with E-state index in [0.29, 0.717) is 29.5 Å². The van der Waals surface area contributed by atoms with E-state index in [0.717, 1.165) is 17.4 Å². The Hall–Kier alpha value is -3.20. The van der Waals surface area contributed by atoms with Crippen LogP contribution in [0.25, 0.3) is 11.4 Å². The average Bonchev–Trinajstić information content (AvgIpc) is 3.16. The van der Waals surface area contributed by atoms with Crippen LogP contribution in [-0.4, -0.2) is 49.2 Å². The van der Waals surface area contributed by atoms with Gasteiger partial charge in [0.25, 0.3) is 5.91 Å². The molecule has 0 saturated heterocycles. The fourth-order valence-electron chi connectivity index (χ4n) is 3.01. The molecule has 0 bridgehead atoms. The van der Waals surface area contributed by atoms with Crippen molar-refractivity contribution in [3.63, 3.8) is 0 Å². The number of hydrogen-bond acceptors (Lipinski definition) is 6. The molecule has 1 heterocycles. The molecule has 0 atom stereocenters. The number of carbonyl (C=O) groups is 1. The van der Waals surface area contributed by atoms with Crippen molar-refractivity contribution >= 4 is 21.6 Å². The van der Waals surface area contributed by atoms with E-state index >= 15 is 0 Å². The second-order valence-corrected chi connectivity index (χ2v) is 8.92. The van der Waals surface area contributed by atoms with Gasteiger partial charge >= 0.3 is 0 Å². The Morgan fingerprint density at radius 1 is 1.07 bits per heavy atom. The molecule has 9 heteroatoms. The Bertz CT molecular complexity index is 1120. The molecule has 0 N–H and O–H groups in total. The number of rotatable bonds is 7. The Morgan fingerprint density at radius 2 is 1.70 bits per heavy atom. The number of aryl methyl sites for hydroxylation is 1. The lowest BCUT2D eigenvalue weighted by molar-refractivity contribution is 0.0769. The summed E-state index contributed by atoms with van der Waals surface area (Å²) >= 11 is 0. The molecule has 0 spiro atoms. The zero-order valence-electron chi connectivity index (χ0n) is 17.4. The summed E-state index contributed by atoms with van der Waals surface area (Å²) in [6, 6.07) is 14.2. The van der Waals surface area contributed by atoms with Crippen molar-refractivity contribution in [2.24, 2.45) is 0 Å². The molecule has 0 fully saturated rings. The van der Waals surface area contributed by atoms with Gasteiger partial charge in [0, 0.05) is 24.7 Å². The molecule has 3 rings (SSSR count). The second kappa shape index (κ2) is 8.66. The largest absolute Gasteiger partial charge is 0.337 e. The fourth-order valence-corrected chi connectivity index (χ4v) is 3.99. The van der Waals surface area contributed by atoms with E-state index < -0.39 is 10.0 Å². The highest BCUT2D eigenvalue weighted by Crippen LogP contribution is 2.20. The van der Waals surface area contributed by atoms with Gasteiger partial charge in [0.15, 0.2) is 0 Å². The molecular formula is C21H24N4O4S. The first-order valence-corrected chi connectivity index (χ1v) is 11.3. The zero-order chi connectivity index (χ0) is 21.9. The van der Waals surface area contributed by atoms with E-state index in [1.807, 2.05) is 31.2 Å². The normalized spacial score (nSPS) is 11.3. The molecule has 3 aromatic rings. The summed E-state index contributed by atoms with van der Waals surface area (Å²) in [5, 5.41) is 3.98. The van der Waals surface area contributed by atoms with Gasteiger partial charge in [0.2, 0.25) is 21.7 Å². The lowest BCUT2D eigenvalue weighted by Gasteiger charge is -2.21. The van der Waals surface area contributed by atoms with Gasteiger partial charge in [0.1, 0.15) is 0 Å². The van der Waals surface area contributed by atoms with Crippen molar-refractivity contribution in [3.05, 3.63) is 65.5 Å². The van der Waals surface area contributed by atoms with E-state index in [1.54, 1.807) is 38.2 Å². The highest BCUT2D eigenvalue weighted by atomic mass is 32.2. The lowest BCUT2D eigenvalue weighted by atomic mass is 10.1. The first-order chi connectivity index (χ1) is 14.2. The summed E-state index contributed by atoms with van der Waals surface area (Å²) in [5.41, 5.74) is 2.92. The van der Waals surface area contributed by atoms with Gasteiger partial charge in [-0.3, -0.25) is 9.10 Å². The van der Waals surface area contributed by atoms with E-state index in [2.05, 4.69) is 10.1 Å². The minimum absolute atomic E-state index is 0.157. The molecular weight excluding hydrogens is 404 g/mol. The Balaban J connectivity index is 1.69. The Labute approximate surface area is 176 Å². The van der Waals surface area contributed by atoms with E-state index in [-0.39, 0.29) is 12.5 Å². The van der Waals surface area contributed by atoms with Crippen LogP contribution in [0, 0.1) is 6.92 Å². The summed E-state index contributed by atoms with van der Waals surface area (Å²) in [5.74, 6) is 0.557. The third-order valence-corrected chi connectivity index (χ3v) is 5.86. The van der Waals surface area contributed by atoms with Crippen molar-refractivity contribution in [3.8, 4) is 11.4 Å². The number of sulfonamides is 1. The van der Waals surface area contributed by atoms with E-state index in [9.17, 15) is 13.2 Å². The standard InChI is InChI=1S/C21H24N4O4S/c1-5-25(30(4,27)28)18-12-10-17(11-13-18)21(26)24(3)14-19-22-20(23-29-19)16-8-6-15(2)7-9-16/h6-13H,5,14H2,1-4H3. The maximum Gasteiger partial charge on any atom is 0.254 e. The molecule has 158 valence electrons. The Morgan fingerprint density at radius 3 is 2.27 bits per heavy atom. The highest BCUT2D eigenvalue weighted by molar-refractivity contribution is 7.92. The molecule has 0 aliphatic rings. The van der Waals surface area contributed by atoms with Gasteiger partial charge in [-0.15, -0.1) is 0 Å². The molecule has 8 nitrogen and oxygen atoms in total. The lowest BCUT2D eigenvalue weighted by Crippen LogP contribution is -2.29. The van der Waals surface area contributed by atoms with Gasteiger partial charge in [0.05, 0.1) is 18.5 Å². The molecule has 2 aromatic carbocycles. The SMILES string of the molecule is CCN(c1ccc(C(=O)N(C)Cc2nc(-c3ccc(C)cc3)no2)cc1)S(C)(=O)=O. The molecule has 0 saturated carbocycles. The van der Waals surface area contributed by atoms with Crippen LogP contribution in [0.3, 0.4) is 0 Å². The number of hydrogen-bond donors (Lipinski definition) is 0. The summed E-state index contributed by atoms with van der Waals surface area (Å²) < 4.78 is 30.2. The summed E-state index contributed by atoms with van der Waals surface area (Å²) in [6.07, 6.45) is 1.15. The highest BCUT2D eigenvalue weighted by Gasteiger charge is 2.18. The molecule has 0 aliphatic carbocycles. The smallest absolute Gasteiger partial charge is 0.254 e. The van der Waals surface area contributed by atoms with Crippen LogP contribution in [0.5, 0.6) is 0 Å². The fraction of sp³-hybridized carbons (Fsp3) is 0.286. The minimum Gasteiger partial charge on any atom is -0.337 e. The van der Waals surface area contributed by atoms with Crippen LogP contribution in [-0.2, 0) is 16.6 Å². The van der Waals surface area contributed by atoms with Gasteiger partial charge < -0.3 is 9.42 Å². The first kappa shape index (κ1) is 21.5. The van der Waals surface area contributed by atoms with Crippen molar-refractivity contribution in [2.75, 3.05) is 24.2 Å². The maximum absolute atomic E-state index is 12.7. The number of benzene rings is 2. The second-order valence-electron chi connectivity index (χ2n) is 7.01. The monoisotopic (exact) mass is 428 g/mol. The van der Waals surface area contributed by atoms with Crippen LogP contribution in [0.4, 0.5) is 5.69 Å². The van der Waals surface area contributed by atoms with Crippen LogP contribution in [0.2, 0.25) is 0 Å². The predicted molar refractivity (Wildman–Crippen MR) is 115 cm³/mol. The van der Waals surface area contributed by atoms with Crippen LogP contribution in [0.15, 0.2) is 53.1 Å². The minimum atomic E-state index is -3.37. The topological polar surface area (TPSA) is 96.6 Å². The molecule has 0 radical (unpaired) electrons. The molecule has 1 amide bonds. The van der Waals surface area contributed by atoms with Crippen molar-refractivity contribution < 1.29 is 17.7 Å². The van der Waals surface area contributed by atoms with E-state index in [1.165, 1.54) is 9.21 Å². The Kier molecular flexibility index (Phi) is 6.21. The molecule has 1 aromatic heterocycles. The van der Waals surface area contributed by atoms with E-state index in [4.69, 9.17) is 4.52 Å². The van der Waals surface area contributed by atoms with Crippen molar-refractivity contribution in [2.45, 2.75) is 20.4 Å². The first-order valence-electron chi connectivity index (χ1n) is 9.42. The third kappa shape index (κ3) is 4.85. The van der Waals surface area contributed by atoms with Crippen LogP contribution < -0.4 is 4.31 Å². The van der Waals surface area contributed by atoms with Crippen molar-refractivity contribution in [1.82, 2.24) is 15.0 Å². The molecule has 0 unspecified atom stereocenters. The quantitative estimate of drug-likeness (QED) is 0.574. The number of anilines is 1. The third-order valence-electron chi connectivity index (χ3n) is 4.59. The van der Waals surface area contributed by atoms with Crippen LogP contribution in [0.1, 0.15) is 28.7 Å². The zero-order valence-corrected chi connectivity index (χ0v) is 18.2. The summed E-state index contributed by atoms with van der Waals surface area (Å²) in [4.78, 5) is 18.5. The summed E-state index contributed by atoms with van der Waals surface area (Å²) in [6.45, 7) is 4.22. The van der Waals surface area contributed by atoms with Crippen LogP contribution >= 0.6 is 0 Å². The van der Waals surface area contributed by atoms with Gasteiger partial charge in [-0.2, -0.15) is 4.98 Å². The van der Waals surface area contributed by atoms with Gasteiger partial charge in [-0.1, -0.05) is 35.0 Å². The number of amides is 1. The molecule has 0 aliphatic heterocycles. The predicted octanol–water partition coefficient (Wildman–Crippen LogP) is 3.10. The average molecular weight is 429 g/mol. The number of nitrogens with zero attached hydrogens (tertiary/aromatic N) is 4. The van der Waals surface area contributed by atoms with Crippen molar-refractivity contribution in [1.29, 1.82) is 0 Å².